The van der Waals surface area contributed by atoms with Gasteiger partial charge in [-0.2, -0.15) is 4.98 Å². The molecule has 0 spiro atoms. The van der Waals surface area contributed by atoms with E-state index in [9.17, 15) is 0 Å². The molecule has 0 aromatic carbocycles. The minimum atomic E-state index is -0.185. The summed E-state index contributed by atoms with van der Waals surface area (Å²) in [5.41, 5.74) is 5.96. The third-order valence-corrected chi connectivity index (χ3v) is 2.44. The van der Waals surface area contributed by atoms with E-state index in [1.807, 2.05) is 6.92 Å². The van der Waals surface area contributed by atoms with E-state index in [1.165, 1.54) is 0 Å². The molecule has 2 N–H and O–H groups in total. The molecule has 0 bridgehead atoms. The third-order valence-electron chi connectivity index (χ3n) is 2.44. The van der Waals surface area contributed by atoms with Crippen molar-refractivity contribution in [2.75, 3.05) is 7.11 Å². The monoisotopic (exact) mass is 227 g/mol. The van der Waals surface area contributed by atoms with Crippen LogP contribution in [0.4, 0.5) is 0 Å². The van der Waals surface area contributed by atoms with Crippen molar-refractivity contribution in [1.29, 1.82) is 0 Å². The van der Waals surface area contributed by atoms with E-state index in [-0.39, 0.29) is 12.1 Å². The van der Waals surface area contributed by atoms with E-state index in [1.54, 1.807) is 7.11 Å². The van der Waals surface area contributed by atoms with Crippen LogP contribution in [0.3, 0.4) is 0 Å². The molecule has 1 aromatic rings. The van der Waals surface area contributed by atoms with Crippen molar-refractivity contribution >= 4 is 0 Å². The van der Waals surface area contributed by atoms with Crippen LogP contribution in [0.2, 0.25) is 0 Å². The van der Waals surface area contributed by atoms with Crippen LogP contribution in [0.1, 0.15) is 57.5 Å². The predicted molar refractivity (Wildman–Crippen MR) is 60.7 cm³/mol. The third kappa shape index (κ3) is 3.28. The number of aromatic nitrogens is 2. The Morgan fingerprint density at radius 2 is 2.12 bits per heavy atom. The van der Waals surface area contributed by atoms with Gasteiger partial charge in [-0.3, -0.25) is 0 Å². The molecule has 0 saturated heterocycles. The van der Waals surface area contributed by atoms with Gasteiger partial charge < -0.3 is 15.0 Å². The summed E-state index contributed by atoms with van der Waals surface area (Å²) in [4.78, 5) is 4.28. The normalized spacial score (nSPS) is 15.4. The summed E-state index contributed by atoms with van der Waals surface area (Å²) in [5.74, 6) is 1.59. The van der Waals surface area contributed by atoms with Gasteiger partial charge in [0.05, 0.1) is 6.04 Å². The molecule has 1 aromatic heterocycles. The molecule has 0 aliphatic heterocycles. The summed E-state index contributed by atoms with van der Waals surface area (Å²) in [6.07, 6.45) is 1.55. The summed E-state index contributed by atoms with van der Waals surface area (Å²) in [6, 6.07) is -0.185. The van der Waals surface area contributed by atoms with Gasteiger partial charge in [-0.05, 0) is 18.8 Å². The highest BCUT2D eigenvalue weighted by atomic mass is 16.5. The fraction of sp³-hybridized carbons (Fsp3) is 0.818. The first-order chi connectivity index (χ1) is 7.58. The van der Waals surface area contributed by atoms with Crippen molar-refractivity contribution in [2.45, 2.75) is 45.8 Å². The molecule has 0 aliphatic rings. The van der Waals surface area contributed by atoms with Crippen LogP contribution < -0.4 is 5.73 Å². The van der Waals surface area contributed by atoms with Gasteiger partial charge in [0.1, 0.15) is 6.10 Å². The SMILES string of the molecule is CCC(OC)c1noc([C@@H](N)CC(C)C)n1. The largest absolute Gasteiger partial charge is 0.373 e. The molecule has 5 heteroatoms. The average molecular weight is 227 g/mol. The zero-order chi connectivity index (χ0) is 12.1. The Labute approximate surface area is 96.4 Å². The number of nitrogens with zero attached hydrogens (tertiary/aromatic N) is 2. The molecule has 0 saturated carbocycles. The highest BCUT2D eigenvalue weighted by molar-refractivity contribution is 4.95. The van der Waals surface area contributed by atoms with Crippen LogP contribution >= 0.6 is 0 Å². The summed E-state index contributed by atoms with van der Waals surface area (Å²) >= 11 is 0. The highest BCUT2D eigenvalue weighted by Gasteiger charge is 2.20. The van der Waals surface area contributed by atoms with Gasteiger partial charge >= 0.3 is 0 Å². The number of methoxy groups -OCH3 is 1. The van der Waals surface area contributed by atoms with E-state index < -0.39 is 0 Å². The Morgan fingerprint density at radius 3 is 2.62 bits per heavy atom. The predicted octanol–water partition coefficient (Wildman–Crippen LogP) is 2.21. The molecule has 0 radical (unpaired) electrons. The lowest BCUT2D eigenvalue weighted by molar-refractivity contribution is 0.0903. The van der Waals surface area contributed by atoms with Crippen LogP contribution in [0.15, 0.2) is 4.52 Å². The molecular formula is C11H21N3O2. The first-order valence-corrected chi connectivity index (χ1v) is 5.70. The minimum absolute atomic E-state index is 0.108. The van der Waals surface area contributed by atoms with Crippen molar-refractivity contribution in [2.24, 2.45) is 11.7 Å². The van der Waals surface area contributed by atoms with Crippen LogP contribution in [0, 0.1) is 5.92 Å². The molecular weight excluding hydrogens is 206 g/mol. The highest BCUT2D eigenvalue weighted by Crippen LogP contribution is 2.21. The number of hydrogen-bond acceptors (Lipinski definition) is 5. The van der Waals surface area contributed by atoms with Crippen molar-refractivity contribution in [1.82, 2.24) is 10.1 Å². The van der Waals surface area contributed by atoms with E-state index in [2.05, 4.69) is 24.0 Å². The lowest BCUT2D eigenvalue weighted by atomic mass is 10.0. The smallest absolute Gasteiger partial charge is 0.243 e. The zero-order valence-electron chi connectivity index (χ0n) is 10.4. The van der Waals surface area contributed by atoms with Crippen LogP contribution in [0.5, 0.6) is 0 Å². The average Bonchev–Trinajstić information content (AvgIpc) is 2.68. The van der Waals surface area contributed by atoms with E-state index in [4.69, 9.17) is 15.0 Å². The van der Waals surface area contributed by atoms with Gasteiger partial charge in [-0.25, -0.2) is 0 Å². The van der Waals surface area contributed by atoms with Gasteiger partial charge in [0.2, 0.25) is 11.7 Å². The van der Waals surface area contributed by atoms with Crippen LogP contribution in [0.25, 0.3) is 0 Å². The van der Waals surface area contributed by atoms with E-state index in [0.29, 0.717) is 17.6 Å². The second kappa shape index (κ2) is 5.96. The maximum absolute atomic E-state index is 5.96. The fourth-order valence-corrected chi connectivity index (χ4v) is 1.59. The quantitative estimate of drug-likeness (QED) is 0.806. The van der Waals surface area contributed by atoms with Crippen molar-refractivity contribution < 1.29 is 9.26 Å². The van der Waals surface area contributed by atoms with Gasteiger partial charge in [0.25, 0.3) is 0 Å². The second-order valence-corrected chi connectivity index (χ2v) is 4.36. The molecule has 2 atom stereocenters. The Balaban J connectivity index is 2.70. The minimum Gasteiger partial charge on any atom is -0.373 e. The second-order valence-electron chi connectivity index (χ2n) is 4.36. The molecule has 16 heavy (non-hydrogen) atoms. The summed E-state index contributed by atoms with van der Waals surface area (Å²) in [6.45, 7) is 6.24. The maximum Gasteiger partial charge on any atom is 0.243 e. The first kappa shape index (κ1) is 13.1. The summed E-state index contributed by atoms with van der Waals surface area (Å²) in [7, 11) is 1.64. The molecule has 1 heterocycles. The van der Waals surface area contributed by atoms with E-state index in [0.717, 1.165) is 12.8 Å². The van der Waals surface area contributed by atoms with Gasteiger partial charge in [-0.1, -0.05) is 25.9 Å². The van der Waals surface area contributed by atoms with Gasteiger partial charge in [0, 0.05) is 7.11 Å². The van der Waals surface area contributed by atoms with Crippen molar-refractivity contribution in [3.05, 3.63) is 11.7 Å². The number of ether oxygens (including phenoxy) is 1. The number of nitrogens with two attached hydrogens (primary N) is 1. The Bertz CT molecular complexity index is 308. The molecule has 1 unspecified atom stereocenters. The maximum atomic E-state index is 5.96. The Morgan fingerprint density at radius 1 is 1.44 bits per heavy atom. The zero-order valence-corrected chi connectivity index (χ0v) is 10.4. The van der Waals surface area contributed by atoms with Crippen molar-refractivity contribution in [3.63, 3.8) is 0 Å². The molecule has 0 amide bonds. The molecule has 1 rings (SSSR count). The standard InChI is InChI=1S/C11H21N3O2/c1-5-9(15-4)10-13-11(16-14-10)8(12)6-7(2)3/h7-9H,5-6,12H2,1-4H3/t8-,9?/m0/s1. The number of rotatable bonds is 6. The number of hydrogen-bond donors (Lipinski definition) is 1. The molecule has 0 fully saturated rings. The first-order valence-electron chi connectivity index (χ1n) is 5.70. The van der Waals surface area contributed by atoms with E-state index >= 15 is 0 Å². The Hall–Kier alpha value is -0.940. The molecule has 5 nitrogen and oxygen atoms in total. The lowest BCUT2D eigenvalue weighted by Gasteiger charge is -2.09. The van der Waals surface area contributed by atoms with Gasteiger partial charge in [-0.15, -0.1) is 0 Å². The van der Waals surface area contributed by atoms with Crippen LogP contribution in [-0.2, 0) is 4.74 Å². The topological polar surface area (TPSA) is 74.2 Å². The fourth-order valence-electron chi connectivity index (χ4n) is 1.59. The van der Waals surface area contributed by atoms with Gasteiger partial charge in [0.15, 0.2) is 0 Å². The summed E-state index contributed by atoms with van der Waals surface area (Å²) < 4.78 is 10.4. The molecule has 92 valence electrons. The van der Waals surface area contributed by atoms with Crippen LogP contribution in [-0.4, -0.2) is 17.3 Å². The van der Waals surface area contributed by atoms with Crippen molar-refractivity contribution in [3.8, 4) is 0 Å². The summed E-state index contributed by atoms with van der Waals surface area (Å²) in [5, 5.41) is 3.90. The lowest BCUT2D eigenvalue weighted by Crippen LogP contribution is -2.13. The molecule has 0 aliphatic carbocycles. The Kier molecular flexibility index (Phi) is 4.89.